The van der Waals surface area contributed by atoms with E-state index in [1.54, 1.807) is 7.11 Å². The van der Waals surface area contributed by atoms with Gasteiger partial charge in [-0.3, -0.25) is 4.90 Å². The van der Waals surface area contributed by atoms with Gasteiger partial charge >= 0.3 is 0 Å². The second-order valence-corrected chi connectivity index (χ2v) is 4.86. The van der Waals surface area contributed by atoms with Gasteiger partial charge in [0.25, 0.3) is 0 Å². The van der Waals surface area contributed by atoms with Crippen LogP contribution in [0.4, 0.5) is 0 Å². The minimum absolute atomic E-state index is 0.0654. The van der Waals surface area contributed by atoms with Crippen molar-refractivity contribution in [2.75, 3.05) is 20.3 Å². The number of aliphatic hydroxyl groups excluding tert-OH is 1. The van der Waals surface area contributed by atoms with E-state index in [0.29, 0.717) is 6.04 Å². The van der Waals surface area contributed by atoms with Gasteiger partial charge in [-0.2, -0.15) is 0 Å². The van der Waals surface area contributed by atoms with E-state index >= 15 is 0 Å². The number of ether oxygens (including phenoxy) is 2. The maximum atomic E-state index is 9.24. The average molecular weight is 251 g/mol. The van der Waals surface area contributed by atoms with Gasteiger partial charge in [-0.15, -0.1) is 0 Å². The van der Waals surface area contributed by atoms with Crippen LogP contribution in [-0.2, 0) is 4.74 Å². The van der Waals surface area contributed by atoms with Crippen LogP contribution in [-0.4, -0.2) is 42.4 Å². The molecule has 0 saturated carbocycles. The Balaban J connectivity index is 2.18. The minimum Gasteiger partial charge on any atom is -0.497 e. The van der Waals surface area contributed by atoms with E-state index in [1.165, 1.54) is 0 Å². The summed E-state index contributed by atoms with van der Waals surface area (Å²) < 4.78 is 11.0. The summed E-state index contributed by atoms with van der Waals surface area (Å²) in [6, 6.07) is 8.28. The highest BCUT2D eigenvalue weighted by Crippen LogP contribution is 2.32. The van der Waals surface area contributed by atoms with Gasteiger partial charge < -0.3 is 14.6 Å². The third kappa shape index (κ3) is 2.66. The molecule has 0 bridgehead atoms. The quantitative estimate of drug-likeness (QED) is 0.886. The van der Waals surface area contributed by atoms with E-state index in [4.69, 9.17) is 9.47 Å². The van der Waals surface area contributed by atoms with Crippen LogP contribution in [0, 0.1) is 0 Å². The lowest BCUT2D eigenvalue weighted by Gasteiger charge is -2.26. The zero-order chi connectivity index (χ0) is 13.1. The van der Waals surface area contributed by atoms with E-state index in [0.717, 1.165) is 17.9 Å². The van der Waals surface area contributed by atoms with Gasteiger partial charge in [-0.05, 0) is 31.5 Å². The molecule has 0 aliphatic carbocycles. The van der Waals surface area contributed by atoms with Gasteiger partial charge in [0, 0.05) is 12.6 Å². The maximum absolute atomic E-state index is 9.24. The average Bonchev–Trinajstić information content (AvgIpc) is 2.83. The van der Waals surface area contributed by atoms with Gasteiger partial charge in [0.15, 0.2) is 0 Å². The van der Waals surface area contributed by atoms with E-state index < -0.39 is 0 Å². The number of nitrogens with zero attached hydrogens (tertiary/aromatic N) is 1. The van der Waals surface area contributed by atoms with Crippen LogP contribution in [0.15, 0.2) is 24.3 Å². The first-order chi connectivity index (χ1) is 8.65. The first kappa shape index (κ1) is 13.3. The van der Waals surface area contributed by atoms with Gasteiger partial charge in [-0.1, -0.05) is 12.1 Å². The lowest BCUT2D eigenvalue weighted by atomic mass is 10.1. The van der Waals surface area contributed by atoms with Crippen molar-refractivity contribution in [2.24, 2.45) is 0 Å². The number of rotatable bonds is 4. The van der Waals surface area contributed by atoms with E-state index in [9.17, 15) is 5.11 Å². The van der Waals surface area contributed by atoms with Gasteiger partial charge in [0.2, 0.25) is 0 Å². The highest BCUT2D eigenvalue weighted by Gasteiger charge is 2.34. The van der Waals surface area contributed by atoms with Crippen molar-refractivity contribution < 1.29 is 14.6 Å². The van der Waals surface area contributed by atoms with Crippen molar-refractivity contribution in [3.63, 3.8) is 0 Å². The summed E-state index contributed by atoms with van der Waals surface area (Å²) in [6.45, 7) is 5.11. The molecule has 18 heavy (non-hydrogen) atoms. The standard InChI is InChI=1S/C14H21NO3/c1-10(2)15-8-13(9-16)18-14(15)11-4-6-12(17-3)7-5-11/h4-7,10,13-14,16H,8-9H2,1-3H3. The Morgan fingerprint density at radius 3 is 2.56 bits per heavy atom. The molecular weight excluding hydrogens is 230 g/mol. The molecule has 100 valence electrons. The number of aliphatic hydroxyl groups is 1. The molecule has 2 rings (SSSR count). The van der Waals surface area contributed by atoms with Gasteiger partial charge in [0.05, 0.1) is 19.8 Å². The molecule has 1 aromatic carbocycles. The van der Waals surface area contributed by atoms with Crippen LogP contribution < -0.4 is 4.74 Å². The fraction of sp³-hybridized carbons (Fsp3) is 0.571. The Labute approximate surface area is 108 Å². The van der Waals surface area contributed by atoms with Gasteiger partial charge in [-0.25, -0.2) is 0 Å². The van der Waals surface area contributed by atoms with Crippen molar-refractivity contribution in [1.82, 2.24) is 4.90 Å². The molecule has 2 atom stereocenters. The molecule has 1 aliphatic heterocycles. The summed E-state index contributed by atoms with van der Waals surface area (Å²) in [6.07, 6.45) is -0.174. The monoisotopic (exact) mass is 251 g/mol. The lowest BCUT2D eigenvalue weighted by Crippen LogP contribution is -2.32. The molecule has 0 spiro atoms. The van der Waals surface area contributed by atoms with Crippen molar-refractivity contribution in [2.45, 2.75) is 32.2 Å². The van der Waals surface area contributed by atoms with Gasteiger partial charge in [0.1, 0.15) is 12.0 Å². The van der Waals surface area contributed by atoms with Crippen molar-refractivity contribution >= 4 is 0 Å². The summed E-state index contributed by atoms with van der Waals surface area (Å²) in [4.78, 5) is 2.25. The fourth-order valence-corrected chi connectivity index (χ4v) is 2.26. The second kappa shape index (κ2) is 5.69. The normalized spacial score (nSPS) is 24.7. The summed E-state index contributed by atoms with van der Waals surface area (Å²) in [7, 11) is 1.66. The number of methoxy groups -OCH3 is 1. The molecular formula is C14H21NO3. The first-order valence-corrected chi connectivity index (χ1v) is 6.31. The predicted octanol–water partition coefficient (Wildman–Crippen LogP) is 1.80. The van der Waals surface area contributed by atoms with Crippen LogP contribution in [0.1, 0.15) is 25.6 Å². The maximum Gasteiger partial charge on any atom is 0.137 e. The van der Waals surface area contributed by atoms with Crippen LogP contribution in [0.5, 0.6) is 5.75 Å². The van der Waals surface area contributed by atoms with E-state index in [2.05, 4.69) is 18.7 Å². The van der Waals surface area contributed by atoms with E-state index in [1.807, 2.05) is 24.3 Å². The Bertz CT molecular complexity index is 377. The zero-order valence-electron chi connectivity index (χ0n) is 11.2. The Morgan fingerprint density at radius 2 is 2.06 bits per heavy atom. The number of hydrogen-bond donors (Lipinski definition) is 1. The Kier molecular flexibility index (Phi) is 4.22. The molecule has 1 saturated heterocycles. The Hall–Kier alpha value is -1.10. The zero-order valence-corrected chi connectivity index (χ0v) is 11.2. The molecule has 1 fully saturated rings. The van der Waals surface area contributed by atoms with Crippen molar-refractivity contribution in [3.05, 3.63) is 29.8 Å². The molecule has 4 heteroatoms. The number of hydrogen-bond acceptors (Lipinski definition) is 4. The highest BCUT2D eigenvalue weighted by molar-refractivity contribution is 5.28. The fourth-order valence-electron chi connectivity index (χ4n) is 2.26. The van der Waals surface area contributed by atoms with Crippen molar-refractivity contribution in [3.8, 4) is 5.75 Å². The third-order valence-corrected chi connectivity index (χ3v) is 3.30. The second-order valence-electron chi connectivity index (χ2n) is 4.86. The summed E-state index contributed by atoms with van der Waals surface area (Å²) in [5.41, 5.74) is 1.10. The van der Waals surface area contributed by atoms with Crippen molar-refractivity contribution in [1.29, 1.82) is 0 Å². The lowest BCUT2D eigenvalue weighted by molar-refractivity contribution is -0.0266. The van der Waals surface area contributed by atoms with Crippen LogP contribution >= 0.6 is 0 Å². The molecule has 4 nitrogen and oxygen atoms in total. The molecule has 2 unspecified atom stereocenters. The molecule has 1 aromatic rings. The van der Waals surface area contributed by atoms with E-state index in [-0.39, 0.29) is 18.9 Å². The topological polar surface area (TPSA) is 41.9 Å². The predicted molar refractivity (Wildman–Crippen MR) is 69.5 cm³/mol. The molecule has 1 aliphatic rings. The molecule has 0 amide bonds. The third-order valence-electron chi connectivity index (χ3n) is 3.30. The molecule has 0 radical (unpaired) electrons. The SMILES string of the molecule is COc1ccc(C2OC(CO)CN2C(C)C)cc1. The summed E-state index contributed by atoms with van der Waals surface area (Å²) in [5.74, 6) is 0.839. The smallest absolute Gasteiger partial charge is 0.137 e. The first-order valence-electron chi connectivity index (χ1n) is 6.31. The summed E-state index contributed by atoms with van der Waals surface area (Å²) in [5, 5.41) is 9.24. The largest absolute Gasteiger partial charge is 0.497 e. The Morgan fingerprint density at radius 1 is 1.39 bits per heavy atom. The minimum atomic E-state index is -0.0977. The molecule has 1 heterocycles. The molecule has 0 aromatic heterocycles. The highest BCUT2D eigenvalue weighted by atomic mass is 16.5. The van der Waals surface area contributed by atoms with Crippen LogP contribution in [0.25, 0.3) is 0 Å². The number of benzene rings is 1. The summed E-state index contributed by atoms with van der Waals surface area (Å²) >= 11 is 0. The van der Waals surface area contributed by atoms with Crippen LogP contribution in [0.2, 0.25) is 0 Å². The molecule has 1 N–H and O–H groups in total. The van der Waals surface area contributed by atoms with Crippen LogP contribution in [0.3, 0.4) is 0 Å².